The molecule has 3 aromatic rings. The molecule has 1 fully saturated rings. The largest absolute Gasteiger partial charge is 0.465 e. The Kier molecular flexibility index (Phi) is 8.17. The number of amides is 3. The molecule has 1 aromatic carbocycles. The third-order valence-electron chi connectivity index (χ3n) is 6.24. The fourth-order valence-corrected chi connectivity index (χ4v) is 4.86. The Bertz CT molecular complexity index is 1320. The van der Waals surface area contributed by atoms with Crippen molar-refractivity contribution < 1.29 is 19.1 Å². The summed E-state index contributed by atoms with van der Waals surface area (Å²) >= 11 is 1.51. The second kappa shape index (κ2) is 11.5. The molecule has 37 heavy (non-hydrogen) atoms. The summed E-state index contributed by atoms with van der Waals surface area (Å²) in [4.78, 5) is 50.0. The van der Waals surface area contributed by atoms with Gasteiger partial charge in [0.2, 0.25) is 0 Å². The lowest BCUT2D eigenvalue weighted by molar-refractivity contribution is -0.122. The molecular formula is C27H31N5O4S. The predicted octanol–water partition coefficient (Wildman–Crippen LogP) is 4.65. The van der Waals surface area contributed by atoms with Crippen molar-refractivity contribution in [1.82, 2.24) is 24.3 Å². The van der Waals surface area contributed by atoms with E-state index in [4.69, 9.17) is 4.74 Å². The number of urea groups is 1. The molecule has 0 saturated carbocycles. The van der Waals surface area contributed by atoms with Crippen LogP contribution >= 0.6 is 11.3 Å². The quantitative estimate of drug-likeness (QED) is 0.219. The van der Waals surface area contributed by atoms with Crippen LogP contribution in [0, 0.1) is 6.92 Å². The minimum Gasteiger partial charge on any atom is -0.465 e. The molecule has 0 spiro atoms. The van der Waals surface area contributed by atoms with E-state index in [1.165, 1.54) is 28.2 Å². The van der Waals surface area contributed by atoms with Gasteiger partial charge in [0.15, 0.2) is 0 Å². The minimum absolute atomic E-state index is 0.225. The van der Waals surface area contributed by atoms with Crippen LogP contribution in [0.5, 0.6) is 0 Å². The van der Waals surface area contributed by atoms with E-state index >= 15 is 0 Å². The third-order valence-corrected chi connectivity index (χ3v) is 7.07. The fourth-order valence-electron chi connectivity index (χ4n) is 4.25. The smallest absolute Gasteiger partial charge is 0.337 e. The van der Waals surface area contributed by atoms with Crippen molar-refractivity contribution in [2.24, 2.45) is 0 Å². The molecule has 3 heterocycles. The number of aryl methyl sites for hydroxylation is 2. The highest BCUT2D eigenvalue weighted by Crippen LogP contribution is 2.27. The predicted molar refractivity (Wildman–Crippen MR) is 141 cm³/mol. The summed E-state index contributed by atoms with van der Waals surface area (Å²) in [5.41, 5.74) is 3.24. The molecule has 0 aliphatic carbocycles. The third kappa shape index (κ3) is 5.64. The molecule has 0 atom stereocenters. The Morgan fingerprint density at radius 2 is 1.86 bits per heavy atom. The lowest BCUT2D eigenvalue weighted by Crippen LogP contribution is -2.32. The number of carbonyl (C=O) groups excluding carboxylic acids is 3. The Morgan fingerprint density at radius 3 is 2.49 bits per heavy atom. The Balaban J connectivity index is 1.71. The number of aromatic nitrogens is 3. The maximum absolute atomic E-state index is 13.2. The van der Waals surface area contributed by atoms with Crippen molar-refractivity contribution in [3.63, 3.8) is 0 Å². The molecule has 2 aromatic heterocycles. The van der Waals surface area contributed by atoms with Gasteiger partial charge in [-0.05, 0) is 44.0 Å². The zero-order valence-electron chi connectivity index (χ0n) is 21.6. The number of imide groups is 1. The molecule has 0 radical (unpaired) electrons. The van der Waals surface area contributed by atoms with E-state index in [9.17, 15) is 14.4 Å². The topological polar surface area (TPSA) is 97.6 Å². The molecule has 0 N–H and O–H groups in total. The van der Waals surface area contributed by atoms with E-state index in [0.717, 1.165) is 47.0 Å². The van der Waals surface area contributed by atoms with Gasteiger partial charge in [-0.25, -0.2) is 19.6 Å². The van der Waals surface area contributed by atoms with Crippen molar-refractivity contribution in [1.29, 1.82) is 0 Å². The van der Waals surface area contributed by atoms with Crippen LogP contribution in [0.1, 0.15) is 64.8 Å². The number of rotatable bonds is 10. The number of methoxy groups -OCH3 is 1. The number of benzene rings is 1. The second-order valence-electron chi connectivity index (χ2n) is 8.78. The van der Waals surface area contributed by atoms with Gasteiger partial charge in [-0.1, -0.05) is 25.5 Å². The normalized spacial score (nSPS) is 14.8. The molecule has 3 amide bonds. The Labute approximate surface area is 220 Å². The molecule has 10 heteroatoms. The van der Waals surface area contributed by atoms with Crippen molar-refractivity contribution in [2.75, 3.05) is 13.7 Å². The van der Waals surface area contributed by atoms with Crippen LogP contribution < -0.4 is 0 Å². The van der Waals surface area contributed by atoms with Gasteiger partial charge in [-0.3, -0.25) is 14.6 Å². The van der Waals surface area contributed by atoms with E-state index in [1.54, 1.807) is 31.3 Å². The summed E-state index contributed by atoms with van der Waals surface area (Å²) in [6.07, 6.45) is 6.29. The van der Waals surface area contributed by atoms with Crippen LogP contribution in [-0.4, -0.2) is 55.9 Å². The molecule has 1 saturated heterocycles. The molecule has 1 aliphatic heterocycles. The van der Waals surface area contributed by atoms with E-state index in [-0.39, 0.29) is 31.0 Å². The van der Waals surface area contributed by atoms with Crippen LogP contribution in [0.4, 0.5) is 4.79 Å². The van der Waals surface area contributed by atoms with E-state index in [1.807, 2.05) is 24.4 Å². The first-order valence-electron chi connectivity index (χ1n) is 12.3. The highest BCUT2D eigenvalue weighted by atomic mass is 32.1. The standard InChI is InChI=1S/C27H31N5O4S/c1-5-7-8-24-28-14-22(31(24)15-19-9-11-20(12-10-19)26(34)36-4)13-23-25(33)30(6-2)27(35)32(23)16-21-17-37-18(3)29-21/h9-14,17H,5-8,15-16H2,1-4H3/b23-13-. The van der Waals surface area contributed by atoms with Crippen LogP contribution in [-0.2, 0) is 29.0 Å². The fraction of sp³-hybridized carbons (Fsp3) is 0.370. The second-order valence-corrected chi connectivity index (χ2v) is 9.85. The number of thiazole rings is 1. The maximum Gasteiger partial charge on any atom is 0.337 e. The zero-order valence-corrected chi connectivity index (χ0v) is 22.4. The molecule has 4 rings (SSSR count). The number of nitrogens with zero attached hydrogens (tertiary/aromatic N) is 5. The van der Waals surface area contributed by atoms with Gasteiger partial charge in [0.1, 0.15) is 11.5 Å². The molecule has 194 valence electrons. The van der Waals surface area contributed by atoms with Gasteiger partial charge in [0.05, 0.1) is 41.8 Å². The van der Waals surface area contributed by atoms with Gasteiger partial charge in [-0.2, -0.15) is 0 Å². The highest BCUT2D eigenvalue weighted by Gasteiger charge is 2.40. The van der Waals surface area contributed by atoms with E-state index < -0.39 is 0 Å². The lowest BCUT2D eigenvalue weighted by Gasteiger charge is -2.16. The van der Waals surface area contributed by atoms with Crippen molar-refractivity contribution in [2.45, 2.75) is 53.1 Å². The van der Waals surface area contributed by atoms with Crippen LogP contribution in [0.3, 0.4) is 0 Å². The number of hydrogen-bond acceptors (Lipinski definition) is 7. The van der Waals surface area contributed by atoms with Crippen LogP contribution in [0.2, 0.25) is 0 Å². The van der Waals surface area contributed by atoms with Gasteiger partial charge < -0.3 is 9.30 Å². The summed E-state index contributed by atoms with van der Waals surface area (Å²) in [6, 6.07) is 6.88. The number of imidazole rings is 1. The van der Waals surface area contributed by atoms with Gasteiger partial charge in [-0.15, -0.1) is 11.3 Å². The summed E-state index contributed by atoms with van der Waals surface area (Å²) < 4.78 is 6.86. The first kappa shape index (κ1) is 26.3. The molecule has 9 nitrogen and oxygen atoms in total. The number of unbranched alkanes of at least 4 members (excludes halogenated alkanes) is 1. The summed E-state index contributed by atoms with van der Waals surface area (Å²) in [5.74, 6) is 0.185. The van der Waals surface area contributed by atoms with Gasteiger partial charge >= 0.3 is 12.0 Å². The van der Waals surface area contributed by atoms with Gasteiger partial charge in [0.25, 0.3) is 5.91 Å². The Hall–Kier alpha value is -3.79. The van der Waals surface area contributed by atoms with Crippen molar-refractivity contribution in [3.8, 4) is 0 Å². The SMILES string of the molecule is CCCCc1ncc(/C=C2/C(=O)N(CC)C(=O)N2Cc2csc(C)n2)n1Cc1ccc(C(=O)OC)cc1. The lowest BCUT2D eigenvalue weighted by atomic mass is 10.1. The number of likely N-dealkylation sites (N-methyl/N-ethyl adjacent to an activating group) is 1. The summed E-state index contributed by atoms with van der Waals surface area (Å²) in [7, 11) is 1.36. The van der Waals surface area contributed by atoms with Gasteiger partial charge in [0, 0.05) is 24.9 Å². The number of hydrogen-bond donors (Lipinski definition) is 0. The first-order chi connectivity index (χ1) is 17.9. The number of ether oxygens (including phenoxy) is 1. The molecule has 0 bridgehead atoms. The highest BCUT2D eigenvalue weighted by molar-refractivity contribution is 7.09. The maximum atomic E-state index is 13.2. The summed E-state index contributed by atoms with van der Waals surface area (Å²) in [6.45, 7) is 6.84. The molecule has 0 unspecified atom stereocenters. The van der Waals surface area contributed by atoms with Crippen molar-refractivity contribution >= 4 is 35.3 Å². The van der Waals surface area contributed by atoms with Crippen LogP contribution in [0.15, 0.2) is 41.5 Å². The van der Waals surface area contributed by atoms with Crippen molar-refractivity contribution in [3.05, 3.63) is 74.9 Å². The number of carbonyl (C=O) groups is 3. The minimum atomic E-state index is -0.386. The van der Waals surface area contributed by atoms with E-state index in [2.05, 4.69) is 21.5 Å². The average molecular weight is 522 g/mol. The van der Waals surface area contributed by atoms with Crippen LogP contribution in [0.25, 0.3) is 6.08 Å². The summed E-state index contributed by atoms with van der Waals surface area (Å²) in [5, 5.41) is 2.81. The molecular weight excluding hydrogens is 490 g/mol. The number of esters is 1. The molecule has 1 aliphatic rings. The average Bonchev–Trinajstić information content (AvgIpc) is 3.55. The Morgan fingerprint density at radius 1 is 1.11 bits per heavy atom. The zero-order chi connectivity index (χ0) is 26.5. The monoisotopic (exact) mass is 521 g/mol. The van der Waals surface area contributed by atoms with E-state index in [0.29, 0.717) is 17.8 Å². The first-order valence-corrected chi connectivity index (χ1v) is 13.2.